The van der Waals surface area contributed by atoms with E-state index in [1.54, 1.807) is 17.5 Å². The van der Waals surface area contributed by atoms with Gasteiger partial charge in [0.1, 0.15) is 6.04 Å². The Kier molecular flexibility index (Phi) is 7.85. The molecule has 0 spiro atoms. The van der Waals surface area contributed by atoms with E-state index in [0.29, 0.717) is 15.5 Å². The summed E-state index contributed by atoms with van der Waals surface area (Å²) in [4.78, 5) is 40.2. The lowest BCUT2D eigenvalue weighted by atomic mass is 9.93. The number of hydrogen-bond donors (Lipinski definition) is 3. The van der Waals surface area contributed by atoms with Gasteiger partial charge in [0.15, 0.2) is 0 Å². The number of nitrogens with two attached hydrogens (primary N) is 1. The van der Waals surface area contributed by atoms with Crippen LogP contribution in [0, 0.1) is 6.92 Å². The van der Waals surface area contributed by atoms with Gasteiger partial charge < -0.3 is 16.4 Å². The number of carbonyl (C=O) groups is 3. The molecular formula is C26H27ClN4O3S. The second-order valence-electron chi connectivity index (χ2n) is 8.58. The van der Waals surface area contributed by atoms with Gasteiger partial charge in [-0.2, -0.15) is 0 Å². The first kappa shape index (κ1) is 24.9. The van der Waals surface area contributed by atoms with Gasteiger partial charge in [-0.25, -0.2) is 0 Å². The Morgan fingerprint density at radius 1 is 1.14 bits per heavy atom. The van der Waals surface area contributed by atoms with Crippen molar-refractivity contribution >= 4 is 40.7 Å². The summed E-state index contributed by atoms with van der Waals surface area (Å²) in [6.07, 6.45) is 0.720. The van der Waals surface area contributed by atoms with Gasteiger partial charge in [0.05, 0.1) is 15.5 Å². The first-order valence-electron chi connectivity index (χ1n) is 11.3. The zero-order valence-electron chi connectivity index (χ0n) is 19.3. The Balaban J connectivity index is 1.46. The first-order valence-corrected chi connectivity index (χ1v) is 12.6. The van der Waals surface area contributed by atoms with Crippen LogP contribution in [0.1, 0.15) is 42.3 Å². The summed E-state index contributed by atoms with van der Waals surface area (Å²) < 4.78 is 0. The number of hydrogen-bond acceptors (Lipinski definition) is 5. The maximum absolute atomic E-state index is 13.1. The molecule has 0 radical (unpaired) electrons. The summed E-state index contributed by atoms with van der Waals surface area (Å²) in [6, 6.07) is 14.6. The van der Waals surface area contributed by atoms with Gasteiger partial charge in [-0.3, -0.25) is 19.3 Å². The zero-order valence-corrected chi connectivity index (χ0v) is 20.9. The quantitative estimate of drug-likeness (QED) is 0.432. The molecule has 3 aromatic rings. The monoisotopic (exact) mass is 510 g/mol. The third-order valence-corrected chi connectivity index (χ3v) is 7.35. The van der Waals surface area contributed by atoms with Crippen LogP contribution >= 0.6 is 22.9 Å². The fourth-order valence-corrected chi connectivity index (χ4v) is 5.38. The Morgan fingerprint density at radius 3 is 2.60 bits per heavy atom. The number of thiophene rings is 1. The number of carbonyl (C=O) groups excluding carboxylic acids is 3. The molecule has 1 aliphatic heterocycles. The molecule has 0 unspecified atom stereocenters. The Hall–Kier alpha value is -3.20. The lowest BCUT2D eigenvalue weighted by Crippen LogP contribution is -2.51. The Morgan fingerprint density at radius 2 is 1.91 bits per heavy atom. The standard InChI is InChI=1S/C26H27ClN4O3S/c1-16-12-18-15-31(14-17-6-3-2-4-7-17)10-9-19(18)23(27)22(16)26(34)30-20(24(28)32)13-29-25(33)21-8-5-11-35-21/h2-8,11-12,20H,9-10,13-15H2,1H3,(H2,28,32)(H,29,33)(H,30,34)/t20-/m0/s1. The number of fused-ring (bicyclic) bond motifs is 1. The van der Waals surface area contributed by atoms with Gasteiger partial charge >= 0.3 is 0 Å². The highest BCUT2D eigenvalue weighted by molar-refractivity contribution is 7.12. The fourth-order valence-electron chi connectivity index (χ4n) is 4.28. The second kappa shape index (κ2) is 11.0. The molecule has 0 fully saturated rings. The Bertz CT molecular complexity index is 1230. The third-order valence-electron chi connectivity index (χ3n) is 6.07. The minimum absolute atomic E-state index is 0.117. The summed E-state index contributed by atoms with van der Waals surface area (Å²) >= 11 is 8.01. The predicted octanol–water partition coefficient (Wildman–Crippen LogP) is 3.28. The van der Waals surface area contributed by atoms with Crippen LogP contribution in [0.25, 0.3) is 0 Å². The molecule has 2 heterocycles. The van der Waals surface area contributed by atoms with E-state index < -0.39 is 17.9 Å². The molecule has 1 aromatic heterocycles. The second-order valence-corrected chi connectivity index (χ2v) is 9.91. The van der Waals surface area contributed by atoms with Gasteiger partial charge in [-0.1, -0.05) is 54.1 Å². The largest absolute Gasteiger partial charge is 0.368 e. The molecule has 182 valence electrons. The molecule has 35 heavy (non-hydrogen) atoms. The highest BCUT2D eigenvalue weighted by atomic mass is 35.5. The van der Waals surface area contributed by atoms with E-state index >= 15 is 0 Å². The number of primary amides is 1. The summed E-state index contributed by atoms with van der Waals surface area (Å²) in [7, 11) is 0. The van der Waals surface area contributed by atoms with Crippen molar-refractivity contribution in [2.75, 3.05) is 13.1 Å². The fraction of sp³-hybridized carbons (Fsp3) is 0.269. The van der Waals surface area contributed by atoms with Crippen molar-refractivity contribution in [2.45, 2.75) is 32.5 Å². The molecule has 3 amide bonds. The van der Waals surface area contributed by atoms with Crippen LogP contribution in [0.2, 0.25) is 5.02 Å². The lowest BCUT2D eigenvalue weighted by Gasteiger charge is -2.30. The maximum atomic E-state index is 13.1. The molecule has 0 aliphatic carbocycles. The van der Waals surface area contributed by atoms with E-state index in [9.17, 15) is 14.4 Å². The summed E-state index contributed by atoms with van der Waals surface area (Å²) in [5, 5.41) is 7.48. The van der Waals surface area contributed by atoms with Gasteiger partial charge in [0.2, 0.25) is 5.91 Å². The molecule has 2 aromatic carbocycles. The van der Waals surface area contributed by atoms with Crippen molar-refractivity contribution in [1.82, 2.24) is 15.5 Å². The smallest absolute Gasteiger partial charge is 0.261 e. The van der Waals surface area contributed by atoms with Crippen molar-refractivity contribution in [2.24, 2.45) is 5.73 Å². The van der Waals surface area contributed by atoms with E-state index in [-0.39, 0.29) is 12.5 Å². The van der Waals surface area contributed by atoms with Gasteiger partial charge in [0.25, 0.3) is 11.8 Å². The normalized spacial score (nSPS) is 14.1. The van der Waals surface area contributed by atoms with Gasteiger partial charge in [-0.15, -0.1) is 11.3 Å². The number of nitrogens with zero attached hydrogens (tertiary/aromatic N) is 1. The van der Waals surface area contributed by atoms with E-state index in [4.69, 9.17) is 17.3 Å². The molecule has 1 aliphatic rings. The molecule has 0 saturated heterocycles. The van der Waals surface area contributed by atoms with Crippen molar-refractivity contribution in [3.05, 3.63) is 91.6 Å². The van der Waals surface area contributed by atoms with Crippen LogP contribution in [0.15, 0.2) is 53.9 Å². The molecule has 0 saturated carbocycles. The molecule has 1 atom stereocenters. The summed E-state index contributed by atoms with van der Waals surface area (Å²) in [5.74, 6) is -1.56. The van der Waals surface area contributed by atoms with Gasteiger partial charge in [0, 0.05) is 26.2 Å². The molecule has 0 bridgehead atoms. The number of aryl methyl sites for hydroxylation is 1. The molecule has 4 N–H and O–H groups in total. The van der Waals surface area contributed by atoms with Crippen LogP contribution in [-0.4, -0.2) is 41.8 Å². The first-order chi connectivity index (χ1) is 16.8. The van der Waals surface area contributed by atoms with Gasteiger partial charge in [-0.05, 0) is 47.0 Å². The predicted molar refractivity (Wildman–Crippen MR) is 138 cm³/mol. The topological polar surface area (TPSA) is 105 Å². The van der Waals surface area contributed by atoms with Crippen LogP contribution in [-0.2, 0) is 24.3 Å². The van der Waals surface area contributed by atoms with Crippen molar-refractivity contribution in [3.8, 4) is 0 Å². The number of amides is 3. The average Bonchev–Trinajstić information content (AvgIpc) is 3.37. The number of nitrogens with one attached hydrogen (secondary N) is 2. The van der Waals surface area contributed by atoms with Crippen molar-refractivity contribution < 1.29 is 14.4 Å². The highest BCUT2D eigenvalue weighted by Crippen LogP contribution is 2.32. The van der Waals surface area contributed by atoms with E-state index in [2.05, 4.69) is 27.7 Å². The van der Waals surface area contributed by atoms with Crippen LogP contribution < -0.4 is 16.4 Å². The number of rotatable bonds is 8. The Labute approximate surface area is 213 Å². The van der Waals surface area contributed by atoms with Crippen molar-refractivity contribution in [3.63, 3.8) is 0 Å². The molecule has 7 nitrogen and oxygen atoms in total. The van der Waals surface area contributed by atoms with Crippen molar-refractivity contribution in [1.29, 1.82) is 0 Å². The van der Waals surface area contributed by atoms with Crippen LogP contribution in [0.5, 0.6) is 0 Å². The van der Waals surface area contributed by atoms with E-state index in [1.165, 1.54) is 16.9 Å². The summed E-state index contributed by atoms with van der Waals surface area (Å²) in [6.45, 7) is 4.12. The van der Waals surface area contributed by atoms with Crippen LogP contribution in [0.3, 0.4) is 0 Å². The lowest BCUT2D eigenvalue weighted by molar-refractivity contribution is -0.119. The minimum atomic E-state index is -1.07. The zero-order chi connectivity index (χ0) is 24.9. The SMILES string of the molecule is Cc1cc2c(c(Cl)c1C(=O)N[C@@H](CNC(=O)c1cccs1)C(N)=O)CCN(Cc1ccccc1)C2. The minimum Gasteiger partial charge on any atom is -0.368 e. The molecule has 4 rings (SSSR count). The number of benzene rings is 2. The van der Waals surface area contributed by atoms with E-state index in [1.807, 2.05) is 31.2 Å². The third kappa shape index (κ3) is 5.90. The van der Waals surface area contributed by atoms with E-state index in [0.717, 1.165) is 42.7 Å². The van der Waals surface area contributed by atoms with Crippen LogP contribution in [0.4, 0.5) is 0 Å². The number of halogens is 1. The maximum Gasteiger partial charge on any atom is 0.261 e. The average molecular weight is 511 g/mol. The summed E-state index contributed by atoms with van der Waals surface area (Å²) in [5.41, 5.74) is 9.84. The molecular weight excluding hydrogens is 484 g/mol. The highest BCUT2D eigenvalue weighted by Gasteiger charge is 2.27. The molecule has 9 heteroatoms.